The van der Waals surface area contributed by atoms with Gasteiger partial charge in [0.25, 0.3) is 0 Å². The number of thioether (sulfide) groups is 1. The van der Waals surface area contributed by atoms with Crippen LogP contribution in [-0.4, -0.2) is 29.5 Å². The Morgan fingerprint density at radius 2 is 2.11 bits per heavy atom. The molecule has 5 heteroatoms. The van der Waals surface area contributed by atoms with Crippen molar-refractivity contribution in [1.29, 1.82) is 0 Å². The number of Topliss-reactive ketones (excluding diaryl/α,β-unsaturated/α-hetero) is 1. The van der Waals surface area contributed by atoms with Crippen molar-refractivity contribution in [2.45, 2.75) is 24.7 Å². The monoisotopic (exact) mass is 272 g/mol. The molecule has 0 aliphatic carbocycles. The van der Waals surface area contributed by atoms with Crippen LogP contribution in [-0.2, 0) is 4.74 Å². The van der Waals surface area contributed by atoms with E-state index >= 15 is 0 Å². The summed E-state index contributed by atoms with van der Waals surface area (Å²) in [6.07, 6.45) is 0.965. The van der Waals surface area contributed by atoms with Crippen LogP contribution < -0.4 is 0 Å². The molecule has 0 radical (unpaired) electrons. The van der Waals surface area contributed by atoms with Gasteiger partial charge < -0.3 is 4.74 Å². The molecular weight excluding hydrogens is 258 g/mol. The van der Waals surface area contributed by atoms with Gasteiger partial charge in [-0.15, -0.1) is 11.8 Å². The second-order valence-electron chi connectivity index (χ2n) is 4.23. The van der Waals surface area contributed by atoms with E-state index in [4.69, 9.17) is 4.74 Å². The molecule has 2 rings (SSSR count). The summed E-state index contributed by atoms with van der Waals surface area (Å²) in [5.41, 5.74) is -0.434. The molecule has 1 saturated heterocycles. The van der Waals surface area contributed by atoms with Crippen LogP contribution in [0.3, 0.4) is 0 Å². The molecule has 1 aromatic carbocycles. The quantitative estimate of drug-likeness (QED) is 0.788. The van der Waals surface area contributed by atoms with Gasteiger partial charge in [0.1, 0.15) is 11.6 Å². The Labute approximate surface area is 109 Å². The van der Waals surface area contributed by atoms with Crippen molar-refractivity contribution in [3.05, 3.63) is 35.4 Å². The summed E-state index contributed by atoms with van der Waals surface area (Å²) < 4.78 is 32.1. The van der Waals surface area contributed by atoms with E-state index in [2.05, 4.69) is 0 Å². The number of rotatable bonds is 4. The Balaban J connectivity index is 1.99. The molecule has 18 heavy (non-hydrogen) atoms. The number of hydrogen-bond acceptors (Lipinski definition) is 3. The molecule has 0 spiro atoms. The van der Waals surface area contributed by atoms with Crippen LogP contribution in [0.1, 0.15) is 23.7 Å². The molecule has 1 aliphatic heterocycles. The molecule has 0 saturated carbocycles. The highest BCUT2D eigenvalue weighted by atomic mass is 32.2. The zero-order valence-electron chi connectivity index (χ0n) is 9.99. The predicted octanol–water partition coefficient (Wildman–Crippen LogP) is 3.06. The first-order valence-electron chi connectivity index (χ1n) is 5.80. The third-order valence-corrected chi connectivity index (χ3v) is 4.45. The first-order valence-corrected chi connectivity index (χ1v) is 6.85. The fraction of sp³-hybridized carbons (Fsp3) is 0.462. The minimum absolute atomic E-state index is 0.0796. The molecule has 0 aromatic heterocycles. The number of carbonyl (C=O) groups is 1. The van der Waals surface area contributed by atoms with Gasteiger partial charge in [0, 0.05) is 11.9 Å². The van der Waals surface area contributed by atoms with Gasteiger partial charge in [0.15, 0.2) is 5.78 Å². The molecule has 0 amide bonds. The van der Waals surface area contributed by atoms with Crippen molar-refractivity contribution in [2.24, 2.45) is 0 Å². The standard InChI is InChI=1S/C13H14F2O2S/c1-8-12(5-6-17-8)18-7-11(16)13-9(14)3-2-4-10(13)15/h2-4,8,12H,5-7H2,1H3. The summed E-state index contributed by atoms with van der Waals surface area (Å²) in [5, 5.41) is 0.226. The van der Waals surface area contributed by atoms with E-state index in [9.17, 15) is 13.6 Å². The number of halogens is 2. The maximum absolute atomic E-state index is 13.4. The van der Waals surface area contributed by atoms with E-state index in [1.807, 2.05) is 6.92 Å². The average Bonchev–Trinajstić information content (AvgIpc) is 2.72. The molecule has 0 bridgehead atoms. The topological polar surface area (TPSA) is 26.3 Å². The molecule has 1 heterocycles. The van der Waals surface area contributed by atoms with E-state index in [1.165, 1.54) is 17.8 Å². The Morgan fingerprint density at radius 1 is 1.44 bits per heavy atom. The van der Waals surface area contributed by atoms with Crippen LogP contribution >= 0.6 is 11.8 Å². The maximum Gasteiger partial charge on any atom is 0.178 e. The van der Waals surface area contributed by atoms with E-state index < -0.39 is 23.0 Å². The fourth-order valence-electron chi connectivity index (χ4n) is 1.95. The highest BCUT2D eigenvalue weighted by molar-refractivity contribution is 8.00. The lowest BCUT2D eigenvalue weighted by Gasteiger charge is -2.13. The lowest BCUT2D eigenvalue weighted by Crippen LogP contribution is -2.17. The minimum atomic E-state index is -0.795. The van der Waals surface area contributed by atoms with Crippen LogP contribution in [0, 0.1) is 11.6 Å². The van der Waals surface area contributed by atoms with E-state index in [0.717, 1.165) is 18.6 Å². The van der Waals surface area contributed by atoms with Gasteiger partial charge in [-0.25, -0.2) is 8.78 Å². The molecule has 98 valence electrons. The number of ketones is 1. The van der Waals surface area contributed by atoms with Crippen molar-refractivity contribution < 1.29 is 18.3 Å². The number of benzene rings is 1. The van der Waals surface area contributed by atoms with Crippen molar-refractivity contribution in [3.63, 3.8) is 0 Å². The molecule has 2 unspecified atom stereocenters. The highest BCUT2D eigenvalue weighted by Gasteiger charge is 2.26. The van der Waals surface area contributed by atoms with Crippen LogP contribution in [0.25, 0.3) is 0 Å². The van der Waals surface area contributed by atoms with Crippen molar-refractivity contribution in [3.8, 4) is 0 Å². The van der Waals surface area contributed by atoms with E-state index in [-0.39, 0.29) is 17.1 Å². The van der Waals surface area contributed by atoms with Gasteiger partial charge in [0.05, 0.1) is 17.4 Å². The predicted molar refractivity (Wildman–Crippen MR) is 67.0 cm³/mol. The Morgan fingerprint density at radius 3 is 2.67 bits per heavy atom. The highest BCUT2D eigenvalue weighted by Crippen LogP contribution is 2.27. The maximum atomic E-state index is 13.4. The first-order chi connectivity index (χ1) is 8.59. The summed E-state index contributed by atoms with van der Waals surface area (Å²) in [7, 11) is 0. The molecule has 1 aromatic rings. The average molecular weight is 272 g/mol. The summed E-state index contributed by atoms with van der Waals surface area (Å²) in [6, 6.07) is 3.45. The number of ether oxygens (including phenoxy) is 1. The molecule has 0 N–H and O–H groups in total. The second-order valence-corrected chi connectivity index (χ2v) is 5.46. The Hall–Kier alpha value is -0.940. The third kappa shape index (κ3) is 2.90. The van der Waals surface area contributed by atoms with E-state index in [0.29, 0.717) is 6.61 Å². The summed E-state index contributed by atoms with van der Waals surface area (Å²) in [6.45, 7) is 2.62. The van der Waals surface area contributed by atoms with Crippen LogP contribution in [0.4, 0.5) is 8.78 Å². The second kappa shape index (κ2) is 5.80. The van der Waals surface area contributed by atoms with Crippen molar-refractivity contribution >= 4 is 17.5 Å². The zero-order chi connectivity index (χ0) is 13.1. The van der Waals surface area contributed by atoms with Gasteiger partial charge in [-0.1, -0.05) is 6.07 Å². The number of hydrogen-bond donors (Lipinski definition) is 0. The van der Waals surface area contributed by atoms with Crippen molar-refractivity contribution in [1.82, 2.24) is 0 Å². The summed E-state index contributed by atoms with van der Waals surface area (Å²) in [5.74, 6) is -2.02. The third-order valence-electron chi connectivity index (χ3n) is 2.98. The fourth-order valence-corrected chi connectivity index (χ4v) is 3.07. The summed E-state index contributed by atoms with van der Waals surface area (Å²) in [4.78, 5) is 11.8. The normalized spacial score (nSPS) is 23.3. The van der Waals surface area contributed by atoms with Crippen LogP contribution in [0.5, 0.6) is 0 Å². The Kier molecular flexibility index (Phi) is 4.35. The lowest BCUT2D eigenvalue weighted by atomic mass is 10.1. The van der Waals surface area contributed by atoms with E-state index in [1.54, 1.807) is 0 Å². The molecular formula is C13H14F2O2S. The molecule has 1 aliphatic rings. The van der Waals surface area contributed by atoms with Crippen LogP contribution in [0.2, 0.25) is 0 Å². The smallest absolute Gasteiger partial charge is 0.178 e. The minimum Gasteiger partial charge on any atom is -0.377 e. The van der Waals surface area contributed by atoms with Gasteiger partial charge in [-0.3, -0.25) is 4.79 Å². The molecule has 2 nitrogen and oxygen atoms in total. The first kappa shape index (κ1) is 13.5. The van der Waals surface area contributed by atoms with Crippen LogP contribution in [0.15, 0.2) is 18.2 Å². The number of carbonyl (C=O) groups excluding carboxylic acids is 1. The van der Waals surface area contributed by atoms with Gasteiger partial charge in [-0.2, -0.15) is 0 Å². The zero-order valence-corrected chi connectivity index (χ0v) is 10.8. The van der Waals surface area contributed by atoms with Gasteiger partial charge in [0.2, 0.25) is 0 Å². The largest absolute Gasteiger partial charge is 0.377 e. The summed E-state index contributed by atoms with van der Waals surface area (Å²) >= 11 is 1.40. The SMILES string of the molecule is CC1OCCC1SCC(=O)c1c(F)cccc1F. The lowest BCUT2D eigenvalue weighted by molar-refractivity contribution is 0.101. The van der Waals surface area contributed by atoms with Gasteiger partial charge >= 0.3 is 0 Å². The molecule has 1 fully saturated rings. The molecule has 2 atom stereocenters. The van der Waals surface area contributed by atoms with Crippen molar-refractivity contribution in [2.75, 3.05) is 12.4 Å². The van der Waals surface area contributed by atoms with Gasteiger partial charge in [-0.05, 0) is 25.5 Å². The Bertz CT molecular complexity index is 430.